The Morgan fingerprint density at radius 3 is 2.90 bits per heavy atom. The first-order valence-electron chi connectivity index (χ1n) is 9.50. The van der Waals surface area contributed by atoms with Crippen LogP contribution < -0.4 is 10.3 Å². The number of fused-ring (bicyclic) bond motifs is 1. The molecule has 0 aliphatic heterocycles. The summed E-state index contributed by atoms with van der Waals surface area (Å²) in [5, 5.41) is 9.69. The minimum absolute atomic E-state index is 0.0666. The van der Waals surface area contributed by atoms with Gasteiger partial charge in [-0.1, -0.05) is 30.0 Å². The number of nitrogens with one attached hydrogen (secondary N) is 1. The number of nitrogens with zero attached hydrogens (tertiary/aromatic N) is 4. The van der Waals surface area contributed by atoms with E-state index in [1.54, 1.807) is 24.3 Å². The number of allylic oxidation sites excluding steroid dienone is 1. The molecule has 160 valence electrons. The number of thiophene rings is 1. The molecule has 0 aliphatic rings. The van der Waals surface area contributed by atoms with Crippen molar-refractivity contribution in [3.63, 3.8) is 0 Å². The highest BCUT2D eigenvalue weighted by molar-refractivity contribution is 7.98. The number of H-pyrrole nitrogens is 1. The van der Waals surface area contributed by atoms with Crippen molar-refractivity contribution in [1.82, 2.24) is 24.7 Å². The first-order valence-corrected chi connectivity index (χ1v) is 11.3. The molecule has 0 aliphatic carbocycles. The number of benzene rings is 1. The number of halogens is 1. The number of aromatic nitrogens is 5. The molecule has 0 unspecified atom stereocenters. The molecule has 0 fully saturated rings. The van der Waals surface area contributed by atoms with Crippen molar-refractivity contribution in [2.24, 2.45) is 0 Å². The van der Waals surface area contributed by atoms with Gasteiger partial charge in [0.25, 0.3) is 5.56 Å². The lowest BCUT2D eigenvalue weighted by Gasteiger charge is -2.09. The molecule has 4 aromatic rings. The Hall–Kier alpha value is -2.98. The molecule has 0 atom stereocenters. The van der Waals surface area contributed by atoms with Crippen molar-refractivity contribution in [2.75, 3.05) is 0 Å². The van der Waals surface area contributed by atoms with Crippen LogP contribution in [0.1, 0.15) is 22.1 Å². The third-order valence-electron chi connectivity index (χ3n) is 4.72. The number of hydrogen-bond donors (Lipinski definition) is 1. The van der Waals surface area contributed by atoms with Crippen LogP contribution in [0, 0.1) is 19.7 Å². The SMILES string of the molecule is C=CCn1c(COc2ccccc2F)nnc1SCc1nc2sc(C)c(C)c2c(=O)[nH]1. The molecule has 3 heterocycles. The van der Waals surface area contributed by atoms with Crippen molar-refractivity contribution in [3.05, 3.63) is 75.2 Å². The third-order valence-corrected chi connectivity index (χ3v) is 6.80. The number of hydrogen-bond acceptors (Lipinski definition) is 7. The topological polar surface area (TPSA) is 85.7 Å². The first kappa shape index (κ1) is 21.3. The Bertz CT molecular complexity index is 1310. The van der Waals surface area contributed by atoms with Crippen LogP contribution >= 0.6 is 23.1 Å². The smallest absolute Gasteiger partial charge is 0.259 e. The first-order chi connectivity index (χ1) is 15.0. The van der Waals surface area contributed by atoms with Crippen LogP contribution in [0.25, 0.3) is 10.2 Å². The van der Waals surface area contributed by atoms with E-state index in [1.807, 2.05) is 18.4 Å². The number of ether oxygens (including phenoxy) is 1. The van der Waals surface area contributed by atoms with Gasteiger partial charge >= 0.3 is 0 Å². The molecule has 1 aromatic carbocycles. The summed E-state index contributed by atoms with van der Waals surface area (Å²) in [5.74, 6) is 1.26. The van der Waals surface area contributed by atoms with Gasteiger partial charge in [0.05, 0.1) is 11.1 Å². The van der Waals surface area contributed by atoms with Crippen LogP contribution in [-0.2, 0) is 18.9 Å². The van der Waals surface area contributed by atoms with Gasteiger partial charge < -0.3 is 9.72 Å². The normalized spacial score (nSPS) is 11.2. The second-order valence-electron chi connectivity index (χ2n) is 6.78. The summed E-state index contributed by atoms with van der Waals surface area (Å²) in [5.41, 5.74) is 0.840. The van der Waals surface area contributed by atoms with Crippen molar-refractivity contribution >= 4 is 33.3 Å². The van der Waals surface area contributed by atoms with Gasteiger partial charge in [-0.2, -0.15) is 0 Å². The van der Waals surface area contributed by atoms with E-state index < -0.39 is 5.82 Å². The van der Waals surface area contributed by atoms with E-state index in [4.69, 9.17) is 4.74 Å². The predicted molar refractivity (Wildman–Crippen MR) is 120 cm³/mol. The molecular weight excluding hydrogens is 437 g/mol. The summed E-state index contributed by atoms with van der Waals surface area (Å²) in [4.78, 5) is 21.8. The molecule has 7 nitrogen and oxygen atoms in total. The van der Waals surface area contributed by atoms with E-state index in [2.05, 4.69) is 26.7 Å². The van der Waals surface area contributed by atoms with Gasteiger partial charge in [-0.3, -0.25) is 9.36 Å². The number of aromatic amines is 1. The number of thioether (sulfide) groups is 1. The summed E-state index contributed by atoms with van der Waals surface area (Å²) >= 11 is 2.91. The zero-order valence-corrected chi connectivity index (χ0v) is 18.6. The third kappa shape index (κ3) is 4.40. The van der Waals surface area contributed by atoms with Crippen LogP contribution in [0.2, 0.25) is 0 Å². The monoisotopic (exact) mass is 457 g/mol. The van der Waals surface area contributed by atoms with E-state index in [0.29, 0.717) is 34.5 Å². The summed E-state index contributed by atoms with van der Waals surface area (Å²) in [6.45, 7) is 8.23. The fourth-order valence-corrected chi connectivity index (χ4v) is 4.94. The maximum absolute atomic E-state index is 13.8. The summed E-state index contributed by atoms with van der Waals surface area (Å²) in [7, 11) is 0. The van der Waals surface area contributed by atoms with E-state index in [1.165, 1.54) is 29.2 Å². The van der Waals surface area contributed by atoms with Crippen molar-refractivity contribution in [2.45, 2.75) is 37.9 Å². The molecule has 0 saturated carbocycles. The highest BCUT2D eigenvalue weighted by Crippen LogP contribution is 2.27. The second-order valence-corrected chi connectivity index (χ2v) is 8.93. The van der Waals surface area contributed by atoms with Crippen LogP contribution in [0.4, 0.5) is 4.39 Å². The quantitative estimate of drug-likeness (QED) is 0.312. The Morgan fingerprint density at radius 2 is 2.13 bits per heavy atom. The van der Waals surface area contributed by atoms with Crippen molar-refractivity contribution < 1.29 is 9.13 Å². The minimum atomic E-state index is -0.434. The van der Waals surface area contributed by atoms with E-state index in [-0.39, 0.29) is 17.9 Å². The van der Waals surface area contributed by atoms with Crippen molar-refractivity contribution in [3.8, 4) is 5.75 Å². The Balaban J connectivity index is 1.52. The molecule has 0 radical (unpaired) electrons. The minimum Gasteiger partial charge on any atom is -0.483 e. The van der Waals surface area contributed by atoms with E-state index >= 15 is 0 Å². The van der Waals surface area contributed by atoms with Gasteiger partial charge in [0.15, 0.2) is 22.5 Å². The lowest BCUT2D eigenvalue weighted by molar-refractivity contribution is 0.275. The maximum atomic E-state index is 13.8. The lowest BCUT2D eigenvalue weighted by atomic mass is 10.2. The average Bonchev–Trinajstić information content (AvgIpc) is 3.26. The maximum Gasteiger partial charge on any atom is 0.259 e. The summed E-state index contributed by atoms with van der Waals surface area (Å²) in [6, 6.07) is 6.21. The second kappa shape index (κ2) is 9.03. The highest BCUT2D eigenvalue weighted by Gasteiger charge is 2.16. The molecular formula is C21H20FN5O2S2. The van der Waals surface area contributed by atoms with Gasteiger partial charge in [-0.05, 0) is 31.5 Å². The molecule has 4 rings (SSSR count). The largest absolute Gasteiger partial charge is 0.483 e. The summed E-state index contributed by atoms with van der Waals surface area (Å²) in [6.07, 6.45) is 1.73. The predicted octanol–water partition coefficient (Wildman–Crippen LogP) is 4.39. The zero-order valence-electron chi connectivity index (χ0n) is 17.0. The fraction of sp³-hybridized carbons (Fsp3) is 0.238. The van der Waals surface area contributed by atoms with Gasteiger partial charge in [-0.15, -0.1) is 28.1 Å². The molecule has 0 amide bonds. The number of rotatable bonds is 8. The molecule has 0 bridgehead atoms. The Labute approximate surface area is 186 Å². The standard InChI is InChI=1S/C21H20FN5O2S2/c1-4-9-27-17(10-29-15-8-6-5-7-14(15)22)25-26-21(27)30-11-16-23-19(28)18-12(2)13(3)31-20(18)24-16/h4-8H,1,9-11H2,2-3H3,(H,23,24,28). The lowest BCUT2D eigenvalue weighted by Crippen LogP contribution is -2.11. The molecule has 3 aromatic heterocycles. The Kier molecular flexibility index (Phi) is 6.19. The van der Waals surface area contributed by atoms with Gasteiger partial charge in [0.2, 0.25) is 0 Å². The number of aryl methyl sites for hydroxylation is 2. The molecule has 10 heteroatoms. The van der Waals surface area contributed by atoms with Gasteiger partial charge in [-0.25, -0.2) is 9.37 Å². The van der Waals surface area contributed by atoms with Crippen molar-refractivity contribution in [1.29, 1.82) is 0 Å². The van der Waals surface area contributed by atoms with Gasteiger partial charge in [0, 0.05) is 11.4 Å². The number of para-hydroxylation sites is 1. The zero-order chi connectivity index (χ0) is 22.0. The van der Waals surface area contributed by atoms with E-state index in [0.717, 1.165) is 15.3 Å². The molecule has 1 N–H and O–H groups in total. The molecule has 0 spiro atoms. The summed E-state index contributed by atoms with van der Waals surface area (Å²) < 4.78 is 21.2. The Morgan fingerprint density at radius 1 is 1.32 bits per heavy atom. The average molecular weight is 458 g/mol. The van der Waals surface area contributed by atoms with Crippen LogP contribution in [0.3, 0.4) is 0 Å². The molecule has 0 saturated heterocycles. The molecule has 31 heavy (non-hydrogen) atoms. The van der Waals surface area contributed by atoms with Gasteiger partial charge in [0.1, 0.15) is 17.3 Å². The van der Waals surface area contributed by atoms with Crippen LogP contribution in [0.15, 0.2) is 46.9 Å². The fourth-order valence-electron chi connectivity index (χ4n) is 3.05. The highest BCUT2D eigenvalue weighted by atomic mass is 32.2. The van der Waals surface area contributed by atoms with E-state index in [9.17, 15) is 9.18 Å². The van der Waals surface area contributed by atoms with Crippen LogP contribution in [0.5, 0.6) is 5.75 Å². The van der Waals surface area contributed by atoms with Crippen LogP contribution in [-0.4, -0.2) is 24.7 Å².